The van der Waals surface area contributed by atoms with Gasteiger partial charge in [0.1, 0.15) is 27.7 Å². The minimum absolute atomic E-state index is 0.000408. The van der Waals surface area contributed by atoms with Crippen LogP contribution in [0.1, 0.15) is 47.1 Å². The van der Waals surface area contributed by atoms with E-state index in [4.69, 9.17) is 22.3 Å². The van der Waals surface area contributed by atoms with Crippen molar-refractivity contribution in [3.05, 3.63) is 64.0 Å². The van der Waals surface area contributed by atoms with Crippen LogP contribution >= 0.6 is 22.9 Å². The first-order valence-electron chi connectivity index (χ1n) is 12.0. The number of nitrogens with two attached hydrogens (primary N) is 1. The van der Waals surface area contributed by atoms with E-state index < -0.39 is 0 Å². The van der Waals surface area contributed by atoms with Crippen LogP contribution in [0.3, 0.4) is 0 Å². The summed E-state index contributed by atoms with van der Waals surface area (Å²) >= 11 is 7.17. The molecule has 5 aromatic rings. The highest BCUT2D eigenvalue weighted by Gasteiger charge is 2.29. The molecule has 0 spiro atoms. The average molecular weight is 534 g/mol. The summed E-state index contributed by atoms with van der Waals surface area (Å²) in [7, 11) is 0. The Morgan fingerprint density at radius 2 is 2.11 bits per heavy atom. The molecule has 6 rings (SSSR count). The number of halogens is 1. The van der Waals surface area contributed by atoms with Crippen molar-refractivity contribution in [3.63, 3.8) is 0 Å². The lowest BCUT2D eigenvalue weighted by atomic mass is 9.90. The van der Waals surface area contributed by atoms with Crippen molar-refractivity contribution in [3.8, 4) is 22.9 Å². The Kier molecular flexibility index (Phi) is 6.41. The summed E-state index contributed by atoms with van der Waals surface area (Å²) in [5.41, 5.74) is 10.5. The zero-order valence-electron chi connectivity index (χ0n) is 19.8. The summed E-state index contributed by atoms with van der Waals surface area (Å²) in [4.78, 5) is 30.8. The first-order valence-corrected chi connectivity index (χ1v) is 13.2. The number of fused-ring (bicyclic) bond motifs is 1. The van der Waals surface area contributed by atoms with Gasteiger partial charge in [0.15, 0.2) is 10.8 Å². The number of aromatic nitrogens is 7. The number of rotatable bonds is 6. The Hall–Kier alpha value is -3.67. The topological polar surface area (TPSA) is 140 Å². The van der Waals surface area contributed by atoms with Crippen LogP contribution in [0.25, 0.3) is 33.9 Å². The molecule has 4 heterocycles. The number of benzene rings is 1. The summed E-state index contributed by atoms with van der Waals surface area (Å²) in [6.07, 6.45) is 8.31. The number of hydrogen-bond donors (Lipinski definition) is 3. The second-order valence-corrected chi connectivity index (χ2v) is 10.7. The van der Waals surface area contributed by atoms with E-state index in [0.29, 0.717) is 27.4 Å². The predicted octanol–water partition coefficient (Wildman–Crippen LogP) is 4.37. The van der Waals surface area contributed by atoms with Crippen LogP contribution in [0, 0.1) is 0 Å². The van der Waals surface area contributed by atoms with Gasteiger partial charge in [0.25, 0.3) is 5.91 Å². The average Bonchev–Trinajstić information content (AvgIpc) is 3.68. The Morgan fingerprint density at radius 3 is 2.89 bits per heavy atom. The lowest BCUT2D eigenvalue weighted by Gasteiger charge is -2.32. The number of thiazole rings is 1. The highest BCUT2D eigenvalue weighted by atomic mass is 35.5. The molecular weight excluding hydrogens is 510 g/mol. The van der Waals surface area contributed by atoms with E-state index in [1.165, 1.54) is 23.9 Å². The maximum atomic E-state index is 12.8. The van der Waals surface area contributed by atoms with Crippen LogP contribution in [0.2, 0.25) is 4.34 Å². The minimum Gasteiger partial charge on any atom is -0.347 e. The van der Waals surface area contributed by atoms with Crippen molar-refractivity contribution in [1.29, 1.82) is 0 Å². The van der Waals surface area contributed by atoms with Crippen molar-refractivity contribution < 1.29 is 4.79 Å². The SMILES string of the molecule is NCc1ccccc1-c1nc2cnc(-c3ncn[nH]3)cc2n1[C@@H]1CCC[C@H](NC(=O)c2ncc(Cl)s2)C1. The number of carbonyl (C=O) groups excluding carboxylic acids is 1. The van der Waals surface area contributed by atoms with Crippen LogP contribution < -0.4 is 11.1 Å². The van der Waals surface area contributed by atoms with E-state index in [9.17, 15) is 4.79 Å². The highest BCUT2D eigenvalue weighted by molar-refractivity contribution is 7.17. The van der Waals surface area contributed by atoms with Gasteiger partial charge in [-0.05, 0) is 37.3 Å². The Balaban J connectivity index is 1.41. The fourth-order valence-corrected chi connectivity index (χ4v) is 5.88. The number of amides is 1. The summed E-state index contributed by atoms with van der Waals surface area (Å²) in [5, 5.41) is 10.4. The molecule has 1 aliphatic rings. The number of nitrogens with one attached hydrogen (secondary N) is 2. The highest BCUT2D eigenvalue weighted by Crippen LogP contribution is 2.37. The molecule has 1 aromatic carbocycles. The van der Waals surface area contributed by atoms with Crippen molar-refractivity contribution in [1.82, 2.24) is 40.0 Å². The monoisotopic (exact) mass is 533 g/mol. The number of nitrogens with zero attached hydrogens (tertiary/aromatic N) is 6. The van der Waals surface area contributed by atoms with E-state index in [1.807, 2.05) is 24.3 Å². The number of H-pyrrole nitrogens is 1. The van der Waals surface area contributed by atoms with Crippen molar-refractivity contribution in [2.75, 3.05) is 0 Å². The van der Waals surface area contributed by atoms with Gasteiger partial charge >= 0.3 is 0 Å². The zero-order valence-corrected chi connectivity index (χ0v) is 21.3. The van der Waals surface area contributed by atoms with Gasteiger partial charge in [0.2, 0.25) is 0 Å². The number of pyridine rings is 1. The van der Waals surface area contributed by atoms with Gasteiger partial charge < -0.3 is 15.6 Å². The molecule has 0 saturated heterocycles. The Morgan fingerprint density at radius 1 is 1.22 bits per heavy atom. The first kappa shape index (κ1) is 23.7. The van der Waals surface area contributed by atoms with Gasteiger partial charge in [-0.3, -0.25) is 14.9 Å². The second-order valence-electron chi connectivity index (χ2n) is 9.02. The standard InChI is InChI=1S/C25H24ClN9OS/c26-21-12-29-25(37-21)24(36)32-15-5-3-6-16(8-15)35-20-9-18(22-30-13-31-34-22)28-11-19(20)33-23(35)17-7-2-1-4-14(17)10-27/h1-2,4,7,9,11-13,15-16H,3,5-6,8,10,27H2,(H,32,36)(H,30,31,34)/t15-,16+/m0/s1. The van der Waals surface area contributed by atoms with Crippen molar-refractivity contribution >= 4 is 39.9 Å². The van der Waals surface area contributed by atoms with Crippen LogP contribution in [-0.2, 0) is 6.54 Å². The van der Waals surface area contributed by atoms with E-state index in [2.05, 4.69) is 41.1 Å². The minimum atomic E-state index is -0.191. The second kappa shape index (κ2) is 10.0. The summed E-state index contributed by atoms with van der Waals surface area (Å²) in [5.74, 6) is 1.24. The molecule has 0 radical (unpaired) electrons. The van der Waals surface area contributed by atoms with E-state index in [-0.39, 0.29) is 18.0 Å². The molecule has 37 heavy (non-hydrogen) atoms. The Bertz CT molecular complexity index is 1560. The molecule has 188 valence electrons. The molecule has 4 N–H and O–H groups in total. The maximum absolute atomic E-state index is 12.8. The fourth-order valence-electron chi connectivity index (χ4n) is 5.07. The lowest BCUT2D eigenvalue weighted by Crippen LogP contribution is -2.39. The molecule has 12 heteroatoms. The van der Waals surface area contributed by atoms with Gasteiger partial charge in [-0.25, -0.2) is 15.0 Å². The quantitative estimate of drug-likeness (QED) is 0.294. The third-order valence-electron chi connectivity index (χ3n) is 6.73. The van der Waals surface area contributed by atoms with Crippen LogP contribution in [0.15, 0.2) is 49.1 Å². The molecule has 1 amide bonds. The van der Waals surface area contributed by atoms with Crippen LogP contribution in [-0.4, -0.2) is 46.6 Å². The van der Waals surface area contributed by atoms with Gasteiger partial charge in [-0.15, -0.1) is 0 Å². The van der Waals surface area contributed by atoms with Crippen molar-refractivity contribution in [2.45, 2.75) is 44.3 Å². The molecule has 1 aliphatic carbocycles. The molecular formula is C25H24ClN9OS. The van der Waals surface area contributed by atoms with Gasteiger partial charge in [-0.2, -0.15) is 5.10 Å². The van der Waals surface area contributed by atoms with Crippen LogP contribution in [0.4, 0.5) is 0 Å². The lowest BCUT2D eigenvalue weighted by molar-refractivity contribution is 0.0920. The molecule has 0 bridgehead atoms. The van der Waals surface area contributed by atoms with Gasteiger partial charge in [0, 0.05) is 24.2 Å². The number of hydrogen-bond acceptors (Lipinski definition) is 8. The Labute approximate surface area is 221 Å². The smallest absolute Gasteiger partial charge is 0.280 e. The zero-order chi connectivity index (χ0) is 25.4. The summed E-state index contributed by atoms with van der Waals surface area (Å²) in [6, 6.07) is 10.2. The summed E-state index contributed by atoms with van der Waals surface area (Å²) in [6.45, 7) is 0.403. The van der Waals surface area contributed by atoms with E-state index in [1.54, 1.807) is 6.20 Å². The molecule has 1 saturated carbocycles. The van der Waals surface area contributed by atoms with E-state index in [0.717, 1.165) is 53.7 Å². The van der Waals surface area contributed by atoms with Crippen LogP contribution in [0.5, 0.6) is 0 Å². The van der Waals surface area contributed by atoms with Gasteiger partial charge in [0.05, 0.1) is 17.9 Å². The first-order chi connectivity index (χ1) is 18.1. The summed E-state index contributed by atoms with van der Waals surface area (Å²) < 4.78 is 2.78. The number of aromatic amines is 1. The number of imidazole rings is 1. The third-order valence-corrected chi connectivity index (χ3v) is 7.84. The van der Waals surface area contributed by atoms with E-state index >= 15 is 0 Å². The molecule has 0 aliphatic heterocycles. The van der Waals surface area contributed by atoms with Gasteiger partial charge in [-0.1, -0.05) is 47.2 Å². The maximum Gasteiger partial charge on any atom is 0.280 e. The molecule has 1 fully saturated rings. The molecule has 0 unspecified atom stereocenters. The fraction of sp³-hybridized carbons (Fsp3) is 0.280. The predicted molar refractivity (Wildman–Crippen MR) is 142 cm³/mol. The normalized spacial score (nSPS) is 17.8. The van der Waals surface area contributed by atoms with Crippen molar-refractivity contribution in [2.24, 2.45) is 5.73 Å². The molecule has 2 atom stereocenters. The third kappa shape index (κ3) is 4.61. The largest absolute Gasteiger partial charge is 0.347 e. The molecule has 10 nitrogen and oxygen atoms in total. The number of carbonyl (C=O) groups is 1. The molecule has 4 aromatic heterocycles.